The van der Waals surface area contributed by atoms with Gasteiger partial charge in [0.2, 0.25) is 0 Å². The SMILES string of the molecule is CC(C)(C)P(=N)(C(C)(C)C)C(C)(C)C.[Cl-].[Cl-].[Ti+][C]1=CC=CC1.[Ti+][C]1=CC=CC1. The maximum absolute atomic E-state index is 8.99. The maximum atomic E-state index is 8.99. The second kappa shape index (κ2) is 13.6. The van der Waals surface area contributed by atoms with Crippen LogP contribution >= 0.6 is 7.05 Å². The Hall–Kier alpha value is 1.20. The molecule has 0 aliphatic heterocycles. The molecule has 2 rings (SSSR count). The molecule has 1 N–H and O–H groups in total. The van der Waals surface area contributed by atoms with Gasteiger partial charge >= 0.3 is 97.9 Å². The molecule has 0 saturated carbocycles. The zero-order valence-corrected chi connectivity index (χ0v) is 24.6. The summed E-state index contributed by atoms with van der Waals surface area (Å²) in [5, 5.41) is 9.29. The fraction of sp³-hybridized carbons (Fsp3) is 0.636. The van der Waals surface area contributed by atoms with E-state index in [1.165, 1.54) is 20.6 Å². The van der Waals surface area contributed by atoms with Crippen LogP contribution in [0.4, 0.5) is 0 Å². The number of allylic oxidation sites excluding steroid dienone is 8. The predicted octanol–water partition coefficient (Wildman–Crippen LogP) is 1.92. The Labute approximate surface area is 211 Å². The van der Waals surface area contributed by atoms with Crippen LogP contribution in [0.25, 0.3) is 0 Å². The third-order valence-electron chi connectivity index (χ3n) is 4.56. The molecule has 0 saturated heterocycles. The summed E-state index contributed by atoms with van der Waals surface area (Å²) in [6.07, 6.45) is 15.1. The molecular weight excluding hydrogens is 476 g/mol. The summed E-state index contributed by atoms with van der Waals surface area (Å²) in [4.78, 5) is 0. The molecule has 2 aliphatic carbocycles. The van der Waals surface area contributed by atoms with Crippen LogP contribution in [0.1, 0.15) is 75.2 Å². The van der Waals surface area contributed by atoms with E-state index in [0.717, 1.165) is 0 Å². The van der Waals surface area contributed by atoms with Crippen LogP contribution in [0.5, 0.6) is 0 Å². The van der Waals surface area contributed by atoms with Crippen molar-refractivity contribution in [2.24, 2.45) is 0 Å². The van der Waals surface area contributed by atoms with Crippen LogP contribution in [0, 0.1) is 5.16 Å². The molecule has 158 valence electrons. The number of hydrogen-bond acceptors (Lipinski definition) is 1. The first-order valence-corrected chi connectivity index (χ1v) is 12.7. The average molecular weight is 514 g/mol. The molecule has 2 aliphatic rings. The Balaban J connectivity index is -0.000000369. The van der Waals surface area contributed by atoms with Crippen LogP contribution in [-0.4, -0.2) is 15.5 Å². The van der Waals surface area contributed by atoms with Gasteiger partial charge in [-0.2, -0.15) is 0 Å². The Morgan fingerprint density at radius 3 is 0.964 bits per heavy atom. The van der Waals surface area contributed by atoms with Gasteiger partial charge in [-0.25, -0.2) is 0 Å². The first-order chi connectivity index (χ1) is 11.5. The fourth-order valence-corrected chi connectivity index (χ4v) is 10.6. The topological polar surface area (TPSA) is 23.9 Å². The normalized spacial score (nSPS) is 15.7. The van der Waals surface area contributed by atoms with Gasteiger partial charge in [0.25, 0.3) is 0 Å². The molecule has 6 heteroatoms. The van der Waals surface area contributed by atoms with E-state index in [0.29, 0.717) is 0 Å². The van der Waals surface area contributed by atoms with Gasteiger partial charge < -0.3 is 30.0 Å². The van der Waals surface area contributed by atoms with Gasteiger partial charge in [-0.15, -0.1) is 0 Å². The molecule has 0 unspecified atom stereocenters. The minimum atomic E-state index is -1.77. The van der Waals surface area contributed by atoms with Crippen LogP contribution < -0.4 is 24.8 Å². The molecule has 0 fully saturated rings. The summed E-state index contributed by atoms with van der Waals surface area (Å²) in [7, 11) is -1.77. The summed E-state index contributed by atoms with van der Waals surface area (Å²) in [5.41, 5.74) is 0. The summed E-state index contributed by atoms with van der Waals surface area (Å²) < 4.78 is 2.94. The standard InChI is InChI=1S/C12H28NP.2C5H5.2ClH.2Ti/c1-10(2,3)14(13,11(4,5)6)12(7,8)9;2*1-2-4-5-3-1;;;;/h13H,1-9H3;2*1-3H,4H2;2*1H;;/q;;;;;2*+1/p-2. The predicted molar refractivity (Wildman–Crippen MR) is 113 cm³/mol. The average Bonchev–Trinajstić information content (AvgIpc) is 3.09. The molecule has 0 atom stereocenters. The van der Waals surface area contributed by atoms with Gasteiger partial charge in [-0.05, 0) is 22.5 Å². The molecule has 0 aromatic rings. The molecule has 0 aromatic carbocycles. The van der Waals surface area contributed by atoms with Gasteiger partial charge in [-0.3, -0.25) is 0 Å². The van der Waals surface area contributed by atoms with Crippen molar-refractivity contribution in [3.63, 3.8) is 0 Å². The van der Waals surface area contributed by atoms with Gasteiger partial charge in [0.15, 0.2) is 0 Å². The molecule has 28 heavy (non-hydrogen) atoms. The van der Waals surface area contributed by atoms with Crippen molar-refractivity contribution in [3.05, 3.63) is 44.2 Å². The number of hydrogen-bond donors (Lipinski definition) is 1. The van der Waals surface area contributed by atoms with Crippen molar-refractivity contribution in [3.8, 4) is 0 Å². The van der Waals surface area contributed by atoms with Crippen molar-refractivity contribution in [2.75, 3.05) is 0 Å². The molecular formula is C22H38Cl2NPTi2. The molecule has 0 heterocycles. The molecule has 0 amide bonds. The Morgan fingerprint density at radius 1 is 0.679 bits per heavy atom. The number of nitrogens with one attached hydrogen (secondary N) is 1. The van der Waals surface area contributed by atoms with E-state index < -0.39 is 7.05 Å². The monoisotopic (exact) mass is 513 g/mol. The Bertz CT molecular complexity index is 558. The zero-order chi connectivity index (χ0) is 20.8. The van der Waals surface area contributed by atoms with E-state index in [2.05, 4.69) is 140 Å². The van der Waals surface area contributed by atoms with Crippen molar-refractivity contribution in [1.29, 1.82) is 5.16 Å². The summed E-state index contributed by atoms with van der Waals surface area (Å²) >= 11 is 4.28. The third-order valence-corrected chi connectivity index (χ3v) is 11.8. The summed E-state index contributed by atoms with van der Waals surface area (Å²) in [6, 6.07) is 0. The summed E-state index contributed by atoms with van der Waals surface area (Å²) in [5.74, 6) is 0. The van der Waals surface area contributed by atoms with E-state index >= 15 is 0 Å². The molecule has 1 nitrogen and oxygen atoms in total. The third kappa shape index (κ3) is 10.5. The molecule has 0 bridgehead atoms. The fourth-order valence-electron chi connectivity index (χ4n) is 3.91. The van der Waals surface area contributed by atoms with Gasteiger partial charge in [0.1, 0.15) is 0 Å². The Morgan fingerprint density at radius 2 is 0.929 bits per heavy atom. The molecule has 0 radical (unpaired) electrons. The van der Waals surface area contributed by atoms with Crippen molar-refractivity contribution in [1.82, 2.24) is 0 Å². The minimum absolute atomic E-state index is 0. The van der Waals surface area contributed by atoms with Crippen LogP contribution in [-0.2, 0) is 40.9 Å². The number of halogens is 2. The first kappa shape index (κ1) is 33.8. The van der Waals surface area contributed by atoms with E-state index in [4.69, 9.17) is 5.16 Å². The zero-order valence-electron chi connectivity index (χ0n) is 19.1. The quantitative estimate of drug-likeness (QED) is 0.378. The molecule has 0 aromatic heterocycles. The van der Waals surface area contributed by atoms with Gasteiger partial charge in [0, 0.05) is 0 Å². The van der Waals surface area contributed by atoms with Crippen molar-refractivity contribution >= 4 is 7.05 Å². The molecule has 0 spiro atoms. The van der Waals surface area contributed by atoms with Gasteiger partial charge in [-0.1, -0.05) is 62.3 Å². The van der Waals surface area contributed by atoms with Crippen molar-refractivity contribution in [2.45, 2.75) is 90.6 Å². The van der Waals surface area contributed by atoms with E-state index in [1.807, 2.05) is 0 Å². The van der Waals surface area contributed by atoms with Crippen molar-refractivity contribution < 1.29 is 65.7 Å². The van der Waals surface area contributed by atoms with E-state index in [9.17, 15) is 0 Å². The second-order valence-corrected chi connectivity index (χ2v) is 17.2. The second-order valence-electron chi connectivity index (χ2n) is 9.83. The van der Waals surface area contributed by atoms with E-state index in [-0.39, 0.29) is 40.3 Å². The first-order valence-electron chi connectivity index (χ1n) is 9.33. The Kier molecular flexibility index (Phi) is 16.4. The summed E-state index contributed by atoms with van der Waals surface area (Å²) in [6.45, 7) is 20.0. The van der Waals surface area contributed by atoms with Crippen LogP contribution in [0.2, 0.25) is 0 Å². The van der Waals surface area contributed by atoms with Crippen LogP contribution in [0.15, 0.2) is 44.2 Å². The van der Waals surface area contributed by atoms with Crippen LogP contribution in [0.3, 0.4) is 0 Å². The van der Waals surface area contributed by atoms with Gasteiger partial charge in [0.05, 0.1) is 0 Å². The number of rotatable bonds is 0. The van der Waals surface area contributed by atoms with E-state index in [1.54, 1.807) is 0 Å².